The van der Waals surface area contributed by atoms with Crippen LogP contribution in [0.25, 0.3) is 0 Å². The van der Waals surface area contributed by atoms with Crippen LogP contribution in [0, 0.1) is 0 Å². The van der Waals surface area contributed by atoms with Crippen LogP contribution in [0.3, 0.4) is 0 Å². The van der Waals surface area contributed by atoms with Gasteiger partial charge in [-0.1, -0.05) is 0 Å². The number of nitrogens with two attached hydrogens (primary N) is 1. The summed E-state index contributed by atoms with van der Waals surface area (Å²) >= 11 is 3.87. The zero-order valence-corrected chi connectivity index (χ0v) is 9.16. The Morgan fingerprint density at radius 2 is 2.00 bits per heavy atom. The molecule has 6 heteroatoms. The molecule has 0 unspecified atom stereocenters. The highest BCUT2D eigenvalue weighted by atomic mass is 32.1. The van der Waals surface area contributed by atoms with E-state index in [0.29, 0.717) is 19.8 Å². The van der Waals surface area contributed by atoms with Gasteiger partial charge in [0.15, 0.2) is 0 Å². The minimum Gasteiger partial charge on any atom is -0.462 e. The van der Waals surface area contributed by atoms with Gasteiger partial charge < -0.3 is 19.9 Å². The van der Waals surface area contributed by atoms with E-state index in [9.17, 15) is 4.79 Å². The molecule has 14 heavy (non-hydrogen) atoms. The van der Waals surface area contributed by atoms with Crippen molar-refractivity contribution < 1.29 is 19.0 Å². The van der Waals surface area contributed by atoms with Crippen molar-refractivity contribution in [1.82, 2.24) is 0 Å². The highest BCUT2D eigenvalue weighted by Crippen LogP contribution is 1.89. The van der Waals surface area contributed by atoms with Gasteiger partial charge in [0.2, 0.25) is 0 Å². The standard InChI is InChI=1S/C8H17NO4S/c1-11-2-3-12-4-5-13-8(10)7(9)6-14/h7,14H,2-6,9H2,1H3/t7-/m1/s1. The Morgan fingerprint density at radius 1 is 1.36 bits per heavy atom. The Bertz CT molecular complexity index is 156. The van der Waals surface area contributed by atoms with Crippen LogP contribution < -0.4 is 5.73 Å². The average molecular weight is 223 g/mol. The second kappa shape index (κ2) is 9.26. The van der Waals surface area contributed by atoms with Crippen molar-refractivity contribution in [3.63, 3.8) is 0 Å². The molecule has 0 aromatic carbocycles. The van der Waals surface area contributed by atoms with Crippen molar-refractivity contribution >= 4 is 18.6 Å². The van der Waals surface area contributed by atoms with Crippen molar-refractivity contribution in [3.05, 3.63) is 0 Å². The molecule has 0 saturated heterocycles. The van der Waals surface area contributed by atoms with Gasteiger partial charge in [-0.3, -0.25) is 4.79 Å². The molecule has 0 aromatic heterocycles. The van der Waals surface area contributed by atoms with E-state index in [2.05, 4.69) is 12.6 Å². The Kier molecular flexibility index (Phi) is 9.06. The molecule has 0 aliphatic heterocycles. The SMILES string of the molecule is COCCOCCOC(=O)[C@H](N)CS. The number of carbonyl (C=O) groups excluding carboxylic acids is 1. The molecule has 1 atom stereocenters. The van der Waals surface area contributed by atoms with Gasteiger partial charge in [0.05, 0.1) is 19.8 Å². The molecule has 0 aromatic rings. The molecule has 0 rings (SSSR count). The first-order valence-corrected chi connectivity index (χ1v) is 4.95. The predicted molar refractivity (Wildman–Crippen MR) is 55.5 cm³/mol. The molecule has 0 amide bonds. The van der Waals surface area contributed by atoms with E-state index in [0.717, 1.165) is 0 Å². The number of methoxy groups -OCH3 is 1. The zero-order valence-electron chi connectivity index (χ0n) is 8.27. The second-order valence-electron chi connectivity index (χ2n) is 2.56. The number of hydrogen-bond donors (Lipinski definition) is 2. The van der Waals surface area contributed by atoms with E-state index < -0.39 is 12.0 Å². The molecule has 2 N–H and O–H groups in total. The lowest BCUT2D eigenvalue weighted by Gasteiger charge is -2.08. The Labute approximate surface area is 89.3 Å². The topological polar surface area (TPSA) is 70.8 Å². The molecule has 84 valence electrons. The number of ether oxygens (including phenoxy) is 3. The van der Waals surface area contributed by atoms with Crippen LogP contribution >= 0.6 is 12.6 Å². The van der Waals surface area contributed by atoms with Crippen molar-refractivity contribution in [2.75, 3.05) is 39.3 Å². The number of carbonyl (C=O) groups is 1. The van der Waals surface area contributed by atoms with Gasteiger partial charge in [-0.25, -0.2) is 0 Å². The molecule has 0 aliphatic rings. The van der Waals surface area contributed by atoms with Crippen LogP contribution in [0.15, 0.2) is 0 Å². The summed E-state index contributed by atoms with van der Waals surface area (Å²) < 4.78 is 14.6. The van der Waals surface area contributed by atoms with E-state index >= 15 is 0 Å². The van der Waals surface area contributed by atoms with Gasteiger partial charge in [0, 0.05) is 12.9 Å². The van der Waals surface area contributed by atoms with E-state index in [1.54, 1.807) is 7.11 Å². The van der Waals surface area contributed by atoms with Crippen LogP contribution in [0.2, 0.25) is 0 Å². The van der Waals surface area contributed by atoms with Crippen molar-refractivity contribution in [2.45, 2.75) is 6.04 Å². The van der Waals surface area contributed by atoms with Crippen molar-refractivity contribution in [1.29, 1.82) is 0 Å². The van der Waals surface area contributed by atoms with Crippen LogP contribution in [0.4, 0.5) is 0 Å². The maximum atomic E-state index is 11.0. The largest absolute Gasteiger partial charge is 0.462 e. The third kappa shape index (κ3) is 7.14. The smallest absolute Gasteiger partial charge is 0.323 e. The first-order valence-electron chi connectivity index (χ1n) is 4.32. The second-order valence-corrected chi connectivity index (χ2v) is 2.93. The molecule has 0 bridgehead atoms. The fourth-order valence-electron chi connectivity index (χ4n) is 0.627. The lowest BCUT2D eigenvalue weighted by molar-refractivity contribution is -0.146. The molecule has 0 spiro atoms. The molecule has 0 radical (unpaired) electrons. The molecular weight excluding hydrogens is 206 g/mol. The molecule has 0 fully saturated rings. The summed E-state index contributed by atoms with van der Waals surface area (Å²) in [6.07, 6.45) is 0. The predicted octanol–water partition coefficient (Wildman–Crippen LogP) is -0.550. The molecule has 0 saturated carbocycles. The molecule has 0 aliphatic carbocycles. The summed E-state index contributed by atoms with van der Waals surface area (Å²) in [7, 11) is 1.59. The molecule has 5 nitrogen and oxygen atoms in total. The Balaban J connectivity index is 3.23. The van der Waals surface area contributed by atoms with Crippen LogP contribution in [-0.2, 0) is 19.0 Å². The van der Waals surface area contributed by atoms with Crippen molar-refractivity contribution in [3.8, 4) is 0 Å². The number of rotatable bonds is 8. The summed E-state index contributed by atoms with van der Waals surface area (Å²) in [4.78, 5) is 11.0. The molecule has 0 heterocycles. The number of thiol groups is 1. The maximum Gasteiger partial charge on any atom is 0.323 e. The van der Waals surface area contributed by atoms with Gasteiger partial charge in [0.1, 0.15) is 12.6 Å². The lowest BCUT2D eigenvalue weighted by atomic mass is 10.4. The minimum atomic E-state index is -0.655. The zero-order chi connectivity index (χ0) is 10.8. The fourth-order valence-corrected chi connectivity index (χ4v) is 0.776. The average Bonchev–Trinajstić information content (AvgIpc) is 2.21. The lowest BCUT2D eigenvalue weighted by Crippen LogP contribution is -2.34. The fraction of sp³-hybridized carbons (Fsp3) is 0.875. The summed E-state index contributed by atoms with van der Waals surface area (Å²) in [5.41, 5.74) is 5.37. The maximum absolute atomic E-state index is 11.0. The van der Waals surface area contributed by atoms with E-state index in [-0.39, 0.29) is 12.4 Å². The van der Waals surface area contributed by atoms with E-state index in [4.69, 9.17) is 19.9 Å². The van der Waals surface area contributed by atoms with E-state index in [1.165, 1.54) is 0 Å². The van der Waals surface area contributed by atoms with Crippen molar-refractivity contribution in [2.24, 2.45) is 5.73 Å². The van der Waals surface area contributed by atoms with Crippen LogP contribution in [0.1, 0.15) is 0 Å². The Morgan fingerprint density at radius 3 is 2.57 bits per heavy atom. The first-order chi connectivity index (χ1) is 6.72. The third-order valence-corrected chi connectivity index (χ3v) is 1.80. The third-order valence-electron chi connectivity index (χ3n) is 1.40. The van der Waals surface area contributed by atoms with Gasteiger partial charge in [-0.2, -0.15) is 12.6 Å². The Hall–Kier alpha value is -0.300. The van der Waals surface area contributed by atoms with Crippen LogP contribution in [0.5, 0.6) is 0 Å². The van der Waals surface area contributed by atoms with Gasteiger partial charge in [-0.05, 0) is 0 Å². The monoisotopic (exact) mass is 223 g/mol. The quantitative estimate of drug-likeness (QED) is 0.328. The van der Waals surface area contributed by atoms with E-state index in [1.807, 2.05) is 0 Å². The highest BCUT2D eigenvalue weighted by Gasteiger charge is 2.11. The minimum absolute atomic E-state index is 0.212. The molecular formula is C8H17NO4S. The summed E-state index contributed by atoms with van der Waals surface area (Å²) in [5.74, 6) is -0.168. The van der Waals surface area contributed by atoms with Gasteiger partial charge >= 0.3 is 5.97 Å². The van der Waals surface area contributed by atoms with Crippen LogP contribution in [-0.4, -0.2) is 51.3 Å². The summed E-state index contributed by atoms with van der Waals surface area (Å²) in [6, 6.07) is -0.655. The number of hydrogen-bond acceptors (Lipinski definition) is 6. The normalized spacial score (nSPS) is 12.5. The number of esters is 1. The van der Waals surface area contributed by atoms with Gasteiger partial charge in [-0.15, -0.1) is 0 Å². The van der Waals surface area contributed by atoms with Gasteiger partial charge in [0.25, 0.3) is 0 Å². The first kappa shape index (κ1) is 13.7. The highest BCUT2D eigenvalue weighted by molar-refractivity contribution is 7.80. The summed E-state index contributed by atoms with van der Waals surface area (Å²) in [5, 5.41) is 0. The summed E-state index contributed by atoms with van der Waals surface area (Å²) in [6.45, 7) is 1.59.